The summed E-state index contributed by atoms with van der Waals surface area (Å²) >= 11 is 0. The number of hydrogen-bond donors (Lipinski definition) is 1. The number of ketones is 1. The summed E-state index contributed by atoms with van der Waals surface area (Å²) in [7, 11) is 1.82. The van der Waals surface area contributed by atoms with Gasteiger partial charge in [0.25, 0.3) is 0 Å². The van der Waals surface area contributed by atoms with Crippen molar-refractivity contribution < 1.29 is 9.59 Å². The number of carbonyl (C=O) groups excluding carboxylic acids is 2. The molecule has 1 saturated carbocycles. The van der Waals surface area contributed by atoms with E-state index in [9.17, 15) is 9.59 Å². The van der Waals surface area contributed by atoms with Crippen LogP contribution < -0.4 is 5.32 Å². The highest BCUT2D eigenvalue weighted by atomic mass is 35.5. The van der Waals surface area contributed by atoms with Gasteiger partial charge in [-0.15, -0.1) is 12.4 Å². The van der Waals surface area contributed by atoms with Crippen molar-refractivity contribution in [3.8, 4) is 0 Å². The highest BCUT2D eigenvalue weighted by Gasteiger charge is 2.43. The molecule has 3 fully saturated rings. The van der Waals surface area contributed by atoms with Gasteiger partial charge >= 0.3 is 0 Å². The Morgan fingerprint density at radius 1 is 1.20 bits per heavy atom. The largest absolute Gasteiger partial charge is 0.331 e. The molecule has 1 amide bonds. The Balaban J connectivity index is 0.00000182. The van der Waals surface area contributed by atoms with Gasteiger partial charge in [-0.05, 0) is 38.0 Å². The van der Waals surface area contributed by atoms with Gasteiger partial charge in [-0.25, -0.2) is 4.98 Å². The van der Waals surface area contributed by atoms with Crippen molar-refractivity contribution in [2.45, 2.75) is 63.1 Å². The third-order valence-corrected chi connectivity index (χ3v) is 6.07. The molecule has 1 aliphatic carbocycles. The maximum absolute atomic E-state index is 13.0. The number of imidazole rings is 1. The molecule has 1 N–H and O–H groups in total. The number of amides is 1. The van der Waals surface area contributed by atoms with E-state index in [2.05, 4.69) is 10.3 Å². The lowest BCUT2D eigenvalue weighted by atomic mass is 9.85. The number of nitrogens with zero attached hydrogens (tertiary/aromatic N) is 3. The summed E-state index contributed by atoms with van der Waals surface area (Å²) in [5.41, 5.74) is 0.591. The molecule has 4 atom stereocenters. The fraction of sp³-hybridized carbons (Fsp3) is 0.722. The molecule has 0 radical (unpaired) electrons. The van der Waals surface area contributed by atoms with Crippen molar-refractivity contribution in [3.63, 3.8) is 0 Å². The number of likely N-dealkylation sites (tertiary alicyclic amines) is 1. The summed E-state index contributed by atoms with van der Waals surface area (Å²) < 4.78 is 1.74. The number of rotatable bonds is 3. The van der Waals surface area contributed by atoms with Crippen LogP contribution in [0, 0.1) is 5.92 Å². The number of fused-ring (bicyclic) bond motifs is 1. The monoisotopic (exact) mass is 366 g/mol. The van der Waals surface area contributed by atoms with Gasteiger partial charge in [-0.3, -0.25) is 9.59 Å². The first-order valence-electron chi connectivity index (χ1n) is 9.22. The molecule has 3 heterocycles. The summed E-state index contributed by atoms with van der Waals surface area (Å²) in [6.45, 7) is 0.695. The summed E-state index contributed by atoms with van der Waals surface area (Å²) in [5, 5.41) is 3.56. The average Bonchev–Trinajstić information content (AvgIpc) is 3.32. The second-order valence-corrected chi connectivity index (χ2v) is 7.55. The van der Waals surface area contributed by atoms with Gasteiger partial charge in [0, 0.05) is 19.6 Å². The van der Waals surface area contributed by atoms with Crippen molar-refractivity contribution in [1.82, 2.24) is 19.8 Å². The Morgan fingerprint density at radius 3 is 2.72 bits per heavy atom. The van der Waals surface area contributed by atoms with Crippen molar-refractivity contribution in [2.24, 2.45) is 13.0 Å². The Morgan fingerprint density at radius 2 is 2.00 bits per heavy atom. The Bertz CT molecular complexity index is 633. The van der Waals surface area contributed by atoms with Gasteiger partial charge < -0.3 is 14.8 Å². The summed E-state index contributed by atoms with van der Waals surface area (Å²) in [5.74, 6) is 0.792. The fourth-order valence-corrected chi connectivity index (χ4v) is 4.78. The molecule has 2 aliphatic heterocycles. The van der Waals surface area contributed by atoms with Crippen LogP contribution in [0.3, 0.4) is 0 Å². The number of aromatic nitrogens is 2. The standard InChI is InChI=1S/C18H26N4O2.ClH/c1-21-11-19-10-16(21)17(23)15-7-4-8-22(15)18(24)14-9-12-5-2-3-6-13(12)20-14;/h10-15,20H,2-9H2,1H3;1H/t12-,13-,14-,15-;/m0./s1. The molecule has 138 valence electrons. The van der Waals surface area contributed by atoms with Gasteiger partial charge in [0.05, 0.1) is 24.6 Å². The van der Waals surface area contributed by atoms with Gasteiger partial charge in [-0.1, -0.05) is 12.8 Å². The topological polar surface area (TPSA) is 67.2 Å². The lowest BCUT2D eigenvalue weighted by Gasteiger charge is -2.27. The zero-order chi connectivity index (χ0) is 16.7. The van der Waals surface area contributed by atoms with E-state index in [0.717, 1.165) is 19.3 Å². The van der Waals surface area contributed by atoms with Crippen LogP contribution in [0.25, 0.3) is 0 Å². The van der Waals surface area contributed by atoms with Crippen molar-refractivity contribution in [1.29, 1.82) is 0 Å². The van der Waals surface area contributed by atoms with Crippen LogP contribution in [0.5, 0.6) is 0 Å². The highest BCUT2D eigenvalue weighted by Crippen LogP contribution is 2.34. The van der Waals surface area contributed by atoms with Gasteiger partial charge in [0.1, 0.15) is 5.69 Å². The predicted molar refractivity (Wildman–Crippen MR) is 96.8 cm³/mol. The maximum atomic E-state index is 13.0. The Hall–Kier alpha value is -1.40. The minimum Gasteiger partial charge on any atom is -0.331 e. The molecule has 0 unspecified atom stereocenters. The van der Waals surface area contributed by atoms with E-state index >= 15 is 0 Å². The number of carbonyl (C=O) groups is 2. The lowest BCUT2D eigenvalue weighted by Crippen LogP contribution is -2.49. The minimum atomic E-state index is -0.322. The number of halogens is 1. The molecule has 0 bridgehead atoms. The Kier molecular flexibility index (Phi) is 5.49. The van der Waals surface area contributed by atoms with Crippen LogP contribution in [-0.2, 0) is 11.8 Å². The number of Topliss-reactive ketones (excluding diaryl/α,β-unsaturated/α-hetero) is 1. The van der Waals surface area contributed by atoms with Crippen LogP contribution >= 0.6 is 12.4 Å². The second kappa shape index (κ2) is 7.46. The smallest absolute Gasteiger partial charge is 0.240 e. The van der Waals surface area contributed by atoms with Crippen LogP contribution in [0.4, 0.5) is 0 Å². The van der Waals surface area contributed by atoms with Crippen LogP contribution in [0.15, 0.2) is 12.5 Å². The molecule has 7 heteroatoms. The molecule has 0 aromatic carbocycles. The number of aryl methyl sites for hydroxylation is 1. The minimum absolute atomic E-state index is 0. The summed E-state index contributed by atoms with van der Waals surface area (Å²) in [4.78, 5) is 31.7. The highest BCUT2D eigenvalue weighted by molar-refractivity contribution is 6.01. The molecular weight excluding hydrogens is 340 g/mol. The first-order chi connectivity index (χ1) is 11.6. The quantitative estimate of drug-likeness (QED) is 0.830. The molecule has 2 saturated heterocycles. The third-order valence-electron chi connectivity index (χ3n) is 6.07. The molecule has 1 aromatic rings. The molecule has 4 rings (SSSR count). The van der Waals surface area contributed by atoms with E-state index in [0.29, 0.717) is 24.2 Å². The van der Waals surface area contributed by atoms with E-state index in [1.54, 1.807) is 17.1 Å². The van der Waals surface area contributed by atoms with Gasteiger partial charge in [0.2, 0.25) is 11.7 Å². The zero-order valence-electron chi connectivity index (χ0n) is 14.7. The van der Waals surface area contributed by atoms with Crippen molar-refractivity contribution >= 4 is 24.1 Å². The second-order valence-electron chi connectivity index (χ2n) is 7.55. The summed E-state index contributed by atoms with van der Waals surface area (Å²) in [6.07, 6.45) is 10.8. The molecule has 6 nitrogen and oxygen atoms in total. The van der Waals surface area contributed by atoms with Gasteiger partial charge in [0.15, 0.2) is 0 Å². The van der Waals surface area contributed by atoms with Crippen molar-refractivity contribution in [2.75, 3.05) is 6.54 Å². The number of hydrogen-bond acceptors (Lipinski definition) is 4. The SMILES string of the molecule is Cl.Cn1cncc1C(=O)[C@@H]1CCCN1C(=O)[C@@H]1C[C@@H]2CCCC[C@@H]2N1. The number of nitrogens with one attached hydrogen (secondary N) is 1. The molecule has 0 spiro atoms. The lowest BCUT2D eigenvalue weighted by molar-refractivity contribution is -0.133. The molecule has 1 aromatic heterocycles. The van der Waals surface area contributed by atoms with Crippen LogP contribution in [0.2, 0.25) is 0 Å². The zero-order valence-corrected chi connectivity index (χ0v) is 15.5. The van der Waals surface area contributed by atoms with Gasteiger partial charge in [-0.2, -0.15) is 0 Å². The van der Waals surface area contributed by atoms with E-state index < -0.39 is 0 Å². The first kappa shape index (κ1) is 18.4. The predicted octanol–water partition coefficient (Wildman–Crippen LogP) is 1.94. The summed E-state index contributed by atoms with van der Waals surface area (Å²) in [6, 6.07) is 0.0805. The normalized spacial score (nSPS) is 31.5. The van der Waals surface area contributed by atoms with E-state index in [1.807, 2.05) is 11.9 Å². The van der Waals surface area contributed by atoms with E-state index in [4.69, 9.17) is 0 Å². The molecule has 25 heavy (non-hydrogen) atoms. The van der Waals surface area contributed by atoms with Crippen LogP contribution in [-0.4, -0.2) is 50.8 Å². The molecule has 3 aliphatic rings. The maximum Gasteiger partial charge on any atom is 0.240 e. The first-order valence-corrected chi connectivity index (χ1v) is 9.22. The molecular formula is C18H27ClN4O2. The van der Waals surface area contributed by atoms with Crippen LogP contribution in [0.1, 0.15) is 55.4 Å². The van der Waals surface area contributed by atoms with E-state index in [-0.39, 0.29) is 36.2 Å². The van der Waals surface area contributed by atoms with E-state index in [1.165, 1.54) is 25.7 Å². The third kappa shape index (κ3) is 3.34. The fourth-order valence-electron chi connectivity index (χ4n) is 4.78. The average molecular weight is 367 g/mol. The van der Waals surface area contributed by atoms with Crippen molar-refractivity contribution in [3.05, 3.63) is 18.2 Å². The Labute approximate surface area is 154 Å².